The van der Waals surface area contributed by atoms with Crippen LogP contribution in [0.25, 0.3) is 0 Å². The van der Waals surface area contributed by atoms with Gasteiger partial charge in [0.25, 0.3) is 0 Å². The predicted molar refractivity (Wildman–Crippen MR) is 93.8 cm³/mol. The lowest BCUT2D eigenvalue weighted by atomic mass is 9.93. The Morgan fingerprint density at radius 2 is 1.85 bits per heavy atom. The summed E-state index contributed by atoms with van der Waals surface area (Å²) in [5, 5.41) is 0. The maximum Gasteiger partial charge on any atom is 0.306 e. The van der Waals surface area contributed by atoms with Gasteiger partial charge in [-0.3, -0.25) is 4.79 Å². The van der Waals surface area contributed by atoms with Gasteiger partial charge in [0.1, 0.15) is 5.60 Å². The molecular weight excluding hydrogens is 288 g/mol. The molecule has 20 heavy (non-hydrogen) atoms. The van der Waals surface area contributed by atoms with Gasteiger partial charge in [-0.15, -0.1) is 0 Å². The molecule has 0 fully saturated rings. The van der Waals surface area contributed by atoms with Gasteiger partial charge in [-0.1, -0.05) is 32.0 Å². The van der Waals surface area contributed by atoms with Gasteiger partial charge < -0.3 is 4.74 Å². The predicted octanol–water partition coefficient (Wildman–Crippen LogP) is 4.99. The summed E-state index contributed by atoms with van der Waals surface area (Å²) in [5.74, 6) is 1.26. The van der Waals surface area contributed by atoms with Gasteiger partial charge in [0.2, 0.25) is 0 Å². The molecule has 0 rings (SSSR count). The minimum Gasteiger partial charge on any atom is -0.460 e. The number of esters is 1. The van der Waals surface area contributed by atoms with E-state index in [4.69, 9.17) is 17.0 Å². The van der Waals surface area contributed by atoms with E-state index in [1.165, 1.54) is 4.86 Å². The van der Waals surface area contributed by atoms with Crippen molar-refractivity contribution in [3.63, 3.8) is 0 Å². The van der Waals surface area contributed by atoms with Crippen LogP contribution in [0.3, 0.4) is 0 Å². The summed E-state index contributed by atoms with van der Waals surface area (Å²) >= 11 is 9.80. The van der Waals surface area contributed by atoms with E-state index in [1.54, 1.807) is 0 Å². The number of hydrogen-bond donors (Lipinski definition) is 1. The molecular formula is C16H30O2S2. The van der Waals surface area contributed by atoms with Crippen LogP contribution in [0, 0.1) is 5.92 Å². The van der Waals surface area contributed by atoms with Crippen molar-refractivity contribution in [2.75, 3.05) is 5.75 Å². The zero-order valence-corrected chi connectivity index (χ0v) is 15.1. The highest BCUT2D eigenvalue weighted by Crippen LogP contribution is 2.20. The van der Waals surface area contributed by atoms with Crippen molar-refractivity contribution in [1.82, 2.24) is 0 Å². The number of carbonyl (C=O) groups is 1. The first-order valence-electron chi connectivity index (χ1n) is 7.65. The van der Waals surface area contributed by atoms with Crippen LogP contribution >= 0.6 is 24.8 Å². The molecule has 1 unspecified atom stereocenters. The van der Waals surface area contributed by atoms with Crippen molar-refractivity contribution < 1.29 is 9.53 Å². The molecule has 4 heteroatoms. The average Bonchev–Trinajstić information content (AvgIpc) is 2.31. The Labute approximate surface area is 135 Å². The number of hydrogen-bond acceptors (Lipinski definition) is 4. The molecule has 0 aromatic carbocycles. The SMILES string of the molecule is CCCC(=S)C(CCS)CCCCC(=O)OC(C)(C)C. The number of rotatable bonds is 10. The molecule has 0 aromatic rings. The minimum atomic E-state index is -0.381. The summed E-state index contributed by atoms with van der Waals surface area (Å²) in [7, 11) is 0. The first-order chi connectivity index (χ1) is 9.30. The molecule has 0 spiro atoms. The lowest BCUT2D eigenvalue weighted by molar-refractivity contribution is -0.154. The van der Waals surface area contributed by atoms with Crippen molar-refractivity contribution in [2.45, 2.75) is 78.2 Å². The number of carbonyl (C=O) groups excluding carboxylic acids is 1. The molecule has 0 radical (unpaired) electrons. The Kier molecular flexibility index (Phi) is 10.6. The third-order valence-electron chi connectivity index (χ3n) is 3.03. The van der Waals surface area contributed by atoms with Gasteiger partial charge in [-0.05, 0) is 63.0 Å². The number of thiocarbonyl (C=S) groups is 1. The number of thiol groups is 1. The van der Waals surface area contributed by atoms with Crippen molar-refractivity contribution in [2.24, 2.45) is 5.92 Å². The third-order valence-corrected chi connectivity index (χ3v) is 3.83. The Morgan fingerprint density at radius 1 is 1.20 bits per heavy atom. The van der Waals surface area contributed by atoms with Crippen LogP contribution < -0.4 is 0 Å². The van der Waals surface area contributed by atoms with Crippen LogP contribution in [-0.2, 0) is 9.53 Å². The smallest absolute Gasteiger partial charge is 0.306 e. The van der Waals surface area contributed by atoms with Crippen molar-refractivity contribution in [3.8, 4) is 0 Å². The van der Waals surface area contributed by atoms with Crippen LogP contribution in [0.15, 0.2) is 0 Å². The van der Waals surface area contributed by atoms with E-state index in [-0.39, 0.29) is 11.6 Å². The molecule has 0 heterocycles. The highest BCUT2D eigenvalue weighted by Gasteiger charge is 2.16. The first-order valence-corrected chi connectivity index (χ1v) is 8.69. The monoisotopic (exact) mass is 318 g/mol. The van der Waals surface area contributed by atoms with E-state index >= 15 is 0 Å². The second kappa shape index (κ2) is 10.6. The molecule has 0 saturated carbocycles. The second-order valence-corrected chi connectivity index (χ2v) is 7.23. The molecule has 1 atom stereocenters. The summed E-state index contributed by atoms with van der Waals surface area (Å²) in [6, 6.07) is 0. The molecule has 0 aliphatic heterocycles. The summed E-state index contributed by atoms with van der Waals surface area (Å²) in [6.07, 6.45) is 6.68. The molecule has 0 saturated heterocycles. The fourth-order valence-electron chi connectivity index (χ4n) is 2.13. The van der Waals surface area contributed by atoms with E-state index in [2.05, 4.69) is 19.6 Å². The van der Waals surface area contributed by atoms with Crippen LogP contribution in [0.4, 0.5) is 0 Å². The first kappa shape index (κ1) is 19.9. The van der Waals surface area contributed by atoms with Crippen LogP contribution in [-0.4, -0.2) is 22.2 Å². The summed E-state index contributed by atoms with van der Waals surface area (Å²) in [4.78, 5) is 12.8. The molecule has 0 bridgehead atoms. The maximum absolute atomic E-state index is 11.6. The van der Waals surface area contributed by atoms with Gasteiger partial charge in [-0.2, -0.15) is 12.6 Å². The Bertz CT molecular complexity index is 295. The average molecular weight is 319 g/mol. The Hall–Kier alpha value is -0.0900. The standard InChI is InChI=1S/C16H30O2S2/c1-5-8-14(20)13(11-12-19)9-6-7-10-15(17)18-16(2,3)4/h13,19H,5-12H2,1-4H3. The minimum absolute atomic E-state index is 0.0978. The van der Waals surface area contributed by atoms with Gasteiger partial charge in [0, 0.05) is 6.42 Å². The largest absolute Gasteiger partial charge is 0.460 e. The van der Waals surface area contributed by atoms with E-state index < -0.39 is 0 Å². The lowest BCUT2D eigenvalue weighted by Crippen LogP contribution is -2.23. The van der Waals surface area contributed by atoms with Crippen LogP contribution in [0.1, 0.15) is 72.6 Å². The molecule has 0 aromatic heterocycles. The van der Waals surface area contributed by atoms with Crippen LogP contribution in [0.2, 0.25) is 0 Å². The van der Waals surface area contributed by atoms with E-state index in [1.807, 2.05) is 20.8 Å². The third kappa shape index (κ3) is 10.7. The number of ether oxygens (including phenoxy) is 1. The van der Waals surface area contributed by atoms with Gasteiger partial charge >= 0.3 is 5.97 Å². The van der Waals surface area contributed by atoms with E-state index in [0.29, 0.717) is 12.3 Å². The molecule has 0 N–H and O–H groups in total. The zero-order chi connectivity index (χ0) is 15.6. The summed E-state index contributed by atoms with van der Waals surface area (Å²) < 4.78 is 5.30. The van der Waals surface area contributed by atoms with Gasteiger partial charge in [0.15, 0.2) is 0 Å². The molecule has 2 nitrogen and oxygen atoms in total. The molecule has 118 valence electrons. The molecule has 0 amide bonds. The van der Waals surface area contributed by atoms with Gasteiger partial charge in [-0.25, -0.2) is 0 Å². The van der Waals surface area contributed by atoms with Gasteiger partial charge in [0.05, 0.1) is 0 Å². The molecule has 0 aliphatic rings. The summed E-state index contributed by atoms with van der Waals surface area (Å²) in [5.41, 5.74) is -0.381. The number of unbranched alkanes of at least 4 members (excludes halogenated alkanes) is 1. The van der Waals surface area contributed by atoms with E-state index in [0.717, 1.165) is 44.3 Å². The van der Waals surface area contributed by atoms with Crippen LogP contribution in [0.5, 0.6) is 0 Å². The van der Waals surface area contributed by atoms with Crippen molar-refractivity contribution in [1.29, 1.82) is 0 Å². The topological polar surface area (TPSA) is 26.3 Å². The van der Waals surface area contributed by atoms with Crippen molar-refractivity contribution in [3.05, 3.63) is 0 Å². The van der Waals surface area contributed by atoms with E-state index in [9.17, 15) is 4.79 Å². The highest BCUT2D eigenvalue weighted by molar-refractivity contribution is 7.80. The zero-order valence-electron chi connectivity index (χ0n) is 13.4. The fourth-order valence-corrected chi connectivity index (χ4v) is 2.88. The maximum atomic E-state index is 11.6. The second-order valence-electron chi connectivity index (χ2n) is 6.26. The van der Waals surface area contributed by atoms with Crippen molar-refractivity contribution >= 4 is 35.7 Å². The summed E-state index contributed by atoms with van der Waals surface area (Å²) in [6.45, 7) is 7.86. The Morgan fingerprint density at radius 3 is 2.35 bits per heavy atom. The Balaban J connectivity index is 3.94. The fraction of sp³-hybridized carbons (Fsp3) is 0.875. The quantitative estimate of drug-likeness (QED) is 0.266. The normalized spacial score (nSPS) is 13.1. The highest BCUT2D eigenvalue weighted by atomic mass is 32.1. The molecule has 0 aliphatic carbocycles. The lowest BCUT2D eigenvalue weighted by Gasteiger charge is -2.20.